The van der Waals surface area contributed by atoms with Crippen LogP contribution in [0.25, 0.3) is 0 Å². The van der Waals surface area contributed by atoms with Gasteiger partial charge in [0.15, 0.2) is 0 Å². The molecule has 0 bridgehead atoms. The van der Waals surface area contributed by atoms with Gasteiger partial charge in [-0.05, 0) is 50.6 Å². The summed E-state index contributed by atoms with van der Waals surface area (Å²) in [5, 5.41) is 3.47. The molecule has 0 fully saturated rings. The number of rotatable bonds is 5. The van der Waals surface area contributed by atoms with Crippen molar-refractivity contribution in [3.63, 3.8) is 0 Å². The Kier molecular flexibility index (Phi) is 5.35. The van der Waals surface area contributed by atoms with E-state index in [4.69, 9.17) is 0 Å². The molecule has 0 saturated heterocycles. The Bertz CT molecular complexity index is 594. The molecule has 0 aliphatic carbocycles. The summed E-state index contributed by atoms with van der Waals surface area (Å²) in [7, 11) is 0. The zero-order valence-electron chi connectivity index (χ0n) is 12.0. The van der Waals surface area contributed by atoms with E-state index in [0.717, 1.165) is 17.4 Å². The second kappa shape index (κ2) is 6.83. The third-order valence-corrected chi connectivity index (χ3v) is 4.92. The molecule has 0 spiro atoms. The third-order valence-electron chi connectivity index (χ3n) is 3.21. The highest BCUT2D eigenvalue weighted by molar-refractivity contribution is 9.10. The van der Waals surface area contributed by atoms with Gasteiger partial charge >= 0.3 is 0 Å². The molecule has 1 nitrogen and oxygen atoms in total. The molecule has 0 amide bonds. The first-order valence-electron chi connectivity index (χ1n) is 6.78. The molecule has 4 heteroatoms. The van der Waals surface area contributed by atoms with Gasteiger partial charge < -0.3 is 5.32 Å². The van der Waals surface area contributed by atoms with E-state index in [1.54, 1.807) is 11.3 Å². The topological polar surface area (TPSA) is 12.0 Å². The van der Waals surface area contributed by atoms with Crippen molar-refractivity contribution in [1.82, 2.24) is 5.32 Å². The number of thiophene rings is 1. The number of aryl methyl sites for hydroxylation is 2. The Balaban J connectivity index is 2.44. The second-order valence-electron chi connectivity index (χ2n) is 4.96. The minimum absolute atomic E-state index is 0.0678. The largest absolute Gasteiger partial charge is 0.306 e. The molecule has 108 valence electrons. The molecule has 1 aromatic carbocycles. The van der Waals surface area contributed by atoms with Gasteiger partial charge in [-0.1, -0.05) is 28.9 Å². The highest BCUT2D eigenvalue weighted by Crippen LogP contribution is 2.33. The van der Waals surface area contributed by atoms with Crippen molar-refractivity contribution in [3.05, 3.63) is 55.4 Å². The van der Waals surface area contributed by atoms with Gasteiger partial charge in [-0.2, -0.15) is 0 Å². The minimum atomic E-state index is -0.168. The van der Waals surface area contributed by atoms with Gasteiger partial charge in [0.2, 0.25) is 0 Å². The van der Waals surface area contributed by atoms with Gasteiger partial charge in [0.25, 0.3) is 0 Å². The lowest BCUT2D eigenvalue weighted by Crippen LogP contribution is -2.23. The Labute approximate surface area is 132 Å². The van der Waals surface area contributed by atoms with E-state index in [-0.39, 0.29) is 11.9 Å². The zero-order chi connectivity index (χ0) is 14.7. The van der Waals surface area contributed by atoms with E-state index in [1.807, 2.05) is 12.1 Å². The van der Waals surface area contributed by atoms with Gasteiger partial charge in [-0.15, -0.1) is 11.3 Å². The van der Waals surface area contributed by atoms with Crippen LogP contribution in [0.5, 0.6) is 0 Å². The number of hydrogen-bond acceptors (Lipinski definition) is 2. The Morgan fingerprint density at radius 1 is 1.30 bits per heavy atom. The third kappa shape index (κ3) is 3.48. The molecule has 2 aromatic rings. The van der Waals surface area contributed by atoms with Crippen LogP contribution >= 0.6 is 27.3 Å². The Morgan fingerprint density at radius 2 is 2.05 bits per heavy atom. The van der Waals surface area contributed by atoms with Crippen molar-refractivity contribution in [3.8, 4) is 0 Å². The van der Waals surface area contributed by atoms with Crippen LogP contribution in [0.4, 0.5) is 4.39 Å². The summed E-state index contributed by atoms with van der Waals surface area (Å²) in [5.41, 5.74) is 1.94. The summed E-state index contributed by atoms with van der Waals surface area (Å²) in [4.78, 5) is 2.47. The summed E-state index contributed by atoms with van der Waals surface area (Å²) in [6, 6.07) is 7.39. The minimum Gasteiger partial charge on any atom is -0.306 e. The maximum absolute atomic E-state index is 14.3. The first-order chi connectivity index (χ1) is 9.52. The fraction of sp³-hybridized carbons (Fsp3) is 0.375. The van der Waals surface area contributed by atoms with Gasteiger partial charge in [-0.25, -0.2) is 4.39 Å². The molecule has 1 N–H and O–H groups in total. The van der Waals surface area contributed by atoms with E-state index in [1.165, 1.54) is 21.4 Å². The van der Waals surface area contributed by atoms with Crippen molar-refractivity contribution in [2.45, 2.75) is 33.2 Å². The average molecular weight is 356 g/mol. The monoisotopic (exact) mass is 355 g/mol. The molecule has 20 heavy (non-hydrogen) atoms. The predicted octanol–water partition coefficient (Wildman–Crippen LogP) is 5.36. The van der Waals surface area contributed by atoms with Crippen LogP contribution in [-0.4, -0.2) is 6.54 Å². The number of benzene rings is 1. The van der Waals surface area contributed by atoms with Crippen LogP contribution in [0.3, 0.4) is 0 Å². The van der Waals surface area contributed by atoms with E-state index in [2.05, 4.69) is 48.1 Å². The van der Waals surface area contributed by atoms with E-state index >= 15 is 0 Å². The fourth-order valence-electron chi connectivity index (χ4n) is 2.31. The number of hydrogen-bond donors (Lipinski definition) is 1. The average Bonchev–Trinajstić information content (AvgIpc) is 2.71. The summed E-state index contributed by atoms with van der Waals surface area (Å²) in [6.07, 6.45) is 1.03. The first-order valence-corrected chi connectivity index (χ1v) is 8.39. The van der Waals surface area contributed by atoms with E-state index in [9.17, 15) is 4.39 Å². The van der Waals surface area contributed by atoms with Crippen LogP contribution in [-0.2, 0) is 0 Å². The molecule has 0 radical (unpaired) electrons. The smallest absolute Gasteiger partial charge is 0.129 e. The van der Waals surface area contributed by atoms with Crippen LogP contribution in [0.1, 0.15) is 40.3 Å². The summed E-state index contributed by atoms with van der Waals surface area (Å²) >= 11 is 5.05. The Morgan fingerprint density at radius 3 is 2.60 bits per heavy atom. The summed E-state index contributed by atoms with van der Waals surface area (Å²) < 4.78 is 15.1. The lowest BCUT2D eigenvalue weighted by molar-refractivity contribution is 0.549. The maximum Gasteiger partial charge on any atom is 0.129 e. The number of halogens is 2. The molecule has 1 aromatic heterocycles. The van der Waals surface area contributed by atoms with Crippen molar-refractivity contribution < 1.29 is 4.39 Å². The highest BCUT2D eigenvalue weighted by atomic mass is 79.9. The fourth-order valence-corrected chi connectivity index (χ4v) is 3.78. The normalized spacial score (nSPS) is 12.7. The van der Waals surface area contributed by atoms with Crippen LogP contribution < -0.4 is 5.32 Å². The van der Waals surface area contributed by atoms with Crippen molar-refractivity contribution in [2.75, 3.05) is 6.54 Å². The lowest BCUT2D eigenvalue weighted by atomic mass is 10.0. The van der Waals surface area contributed by atoms with Crippen LogP contribution in [0, 0.1) is 19.7 Å². The SMILES string of the molecule is CCCNC(c1ccc(Br)cc1F)c1sc(C)cc1C. The molecule has 1 heterocycles. The van der Waals surface area contributed by atoms with Gasteiger partial charge in [0.05, 0.1) is 6.04 Å². The molecular formula is C16H19BrFNS. The standard InChI is InChI=1S/C16H19BrFNS/c1-4-7-19-15(16-10(2)8-11(3)20-16)13-6-5-12(17)9-14(13)18/h5-6,8-9,15,19H,4,7H2,1-3H3. The molecule has 1 unspecified atom stereocenters. The zero-order valence-corrected chi connectivity index (χ0v) is 14.4. The highest BCUT2D eigenvalue weighted by Gasteiger charge is 2.21. The predicted molar refractivity (Wildman–Crippen MR) is 88.0 cm³/mol. The van der Waals surface area contributed by atoms with Gasteiger partial charge in [-0.3, -0.25) is 0 Å². The molecule has 0 aliphatic heterocycles. The van der Waals surface area contributed by atoms with Gasteiger partial charge in [0.1, 0.15) is 5.82 Å². The summed E-state index contributed by atoms with van der Waals surface area (Å²) in [6.45, 7) is 7.18. The molecular weight excluding hydrogens is 337 g/mol. The van der Waals surface area contributed by atoms with Crippen LogP contribution in [0.15, 0.2) is 28.7 Å². The Hall–Kier alpha value is -0.710. The van der Waals surface area contributed by atoms with Crippen molar-refractivity contribution in [1.29, 1.82) is 0 Å². The van der Waals surface area contributed by atoms with Crippen molar-refractivity contribution >= 4 is 27.3 Å². The molecule has 2 rings (SSSR count). The number of nitrogens with one attached hydrogen (secondary N) is 1. The van der Waals surface area contributed by atoms with E-state index < -0.39 is 0 Å². The quantitative estimate of drug-likeness (QED) is 0.761. The van der Waals surface area contributed by atoms with Gasteiger partial charge in [0, 0.05) is 19.8 Å². The molecule has 0 saturated carbocycles. The van der Waals surface area contributed by atoms with Crippen LogP contribution in [0.2, 0.25) is 0 Å². The maximum atomic E-state index is 14.3. The van der Waals surface area contributed by atoms with Crippen molar-refractivity contribution in [2.24, 2.45) is 0 Å². The lowest BCUT2D eigenvalue weighted by Gasteiger charge is -2.19. The summed E-state index contributed by atoms with van der Waals surface area (Å²) in [5.74, 6) is -0.168. The first kappa shape index (κ1) is 15.7. The van der Waals surface area contributed by atoms with E-state index in [0.29, 0.717) is 5.56 Å². The molecule has 1 atom stereocenters. The second-order valence-corrected chi connectivity index (χ2v) is 7.16. The molecule has 0 aliphatic rings.